The van der Waals surface area contributed by atoms with Gasteiger partial charge in [0.2, 0.25) is 6.29 Å². The molecule has 0 aliphatic rings. The van der Waals surface area contributed by atoms with Crippen LogP contribution in [-0.2, 0) is 14.2 Å². The van der Waals surface area contributed by atoms with Crippen LogP contribution in [0.5, 0.6) is 0 Å². The van der Waals surface area contributed by atoms with Crippen LogP contribution in [0.3, 0.4) is 0 Å². The molecule has 0 fully saturated rings. The fourth-order valence-electron chi connectivity index (χ4n) is 0.475. The van der Waals surface area contributed by atoms with Crippen LogP contribution >= 0.6 is 0 Å². The van der Waals surface area contributed by atoms with Crippen LogP contribution < -0.4 is 5.73 Å². The number of primary amides is 1. The first kappa shape index (κ1) is 10.5. The van der Waals surface area contributed by atoms with Crippen LogP contribution in [-0.4, -0.2) is 25.1 Å². The summed E-state index contributed by atoms with van der Waals surface area (Å²) in [7, 11) is 0. The van der Waals surface area contributed by atoms with Crippen LogP contribution in [0.2, 0.25) is 0 Å². The van der Waals surface area contributed by atoms with Crippen LogP contribution in [0.4, 0.5) is 9.59 Å². The van der Waals surface area contributed by atoms with Crippen LogP contribution in [0, 0.1) is 0 Å². The van der Waals surface area contributed by atoms with Gasteiger partial charge in [0.15, 0.2) is 0 Å². The summed E-state index contributed by atoms with van der Waals surface area (Å²) < 4.78 is 13.1. The van der Waals surface area contributed by atoms with Gasteiger partial charge in [-0.25, -0.2) is 9.59 Å². The normalized spacial score (nSPS) is 11.5. The molecule has 1 atom stereocenters. The monoisotopic (exact) mass is 177 g/mol. The van der Waals surface area contributed by atoms with Gasteiger partial charge in [0.1, 0.15) is 0 Å². The number of ether oxygens (including phenoxy) is 3. The molecular formula is C6H11NO5. The number of nitrogens with two attached hydrogens (primary N) is 1. The molecule has 12 heavy (non-hydrogen) atoms. The fourth-order valence-corrected chi connectivity index (χ4v) is 0.475. The first-order valence-corrected chi connectivity index (χ1v) is 3.35. The predicted octanol–water partition coefficient (Wildman–Crippen LogP) is 0.601. The second-order valence-electron chi connectivity index (χ2n) is 1.81. The lowest BCUT2D eigenvalue weighted by Gasteiger charge is -2.11. The average molecular weight is 177 g/mol. The highest BCUT2D eigenvalue weighted by Gasteiger charge is 2.11. The van der Waals surface area contributed by atoms with Gasteiger partial charge >= 0.3 is 12.2 Å². The van der Waals surface area contributed by atoms with Crippen molar-refractivity contribution in [2.45, 2.75) is 20.1 Å². The van der Waals surface area contributed by atoms with Gasteiger partial charge in [-0.05, 0) is 6.92 Å². The van der Waals surface area contributed by atoms with E-state index in [0.717, 1.165) is 0 Å². The van der Waals surface area contributed by atoms with Crippen molar-refractivity contribution in [3.05, 3.63) is 0 Å². The summed E-state index contributed by atoms with van der Waals surface area (Å²) in [6, 6.07) is 0. The number of hydrogen-bond donors (Lipinski definition) is 1. The van der Waals surface area contributed by atoms with Gasteiger partial charge in [0, 0.05) is 6.92 Å². The Balaban J connectivity index is 3.61. The molecule has 6 nitrogen and oxygen atoms in total. The Morgan fingerprint density at radius 3 is 2.42 bits per heavy atom. The van der Waals surface area contributed by atoms with E-state index in [0.29, 0.717) is 0 Å². The smallest absolute Gasteiger partial charge is 0.435 e. The highest BCUT2D eigenvalue weighted by Crippen LogP contribution is 1.95. The van der Waals surface area contributed by atoms with E-state index in [1.807, 2.05) is 0 Å². The Morgan fingerprint density at radius 2 is 2.00 bits per heavy atom. The maximum atomic E-state index is 10.6. The van der Waals surface area contributed by atoms with Crippen molar-refractivity contribution in [2.75, 3.05) is 6.61 Å². The minimum Gasteiger partial charge on any atom is -0.435 e. The molecule has 0 aliphatic carbocycles. The Morgan fingerprint density at radius 1 is 1.42 bits per heavy atom. The van der Waals surface area contributed by atoms with E-state index in [9.17, 15) is 9.59 Å². The van der Waals surface area contributed by atoms with Crippen molar-refractivity contribution in [1.29, 1.82) is 0 Å². The zero-order valence-corrected chi connectivity index (χ0v) is 6.90. The summed E-state index contributed by atoms with van der Waals surface area (Å²) in [4.78, 5) is 20.7. The summed E-state index contributed by atoms with van der Waals surface area (Å²) in [6.07, 6.45) is -2.93. The molecule has 6 heteroatoms. The lowest BCUT2D eigenvalue weighted by molar-refractivity contribution is -0.0712. The Kier molecular flexibility index (Phi) is 4.59. The molecule has 1 unspecified atom stereocenters. The van der Waals surface area contributed by atoms with Gasteiger partial charge in [-0.2, -0.15) is 0 Å². The molecule has 0 bridgehead atoms. The average Bonchev–Trinajstić information content (AvgIpc) is 1.84. The number of rotatable bonds is 3. The lowest BCUT2D eigenvalue weighted by Crippen LogP contribution is -2.25. The van der Waals surface area contributed by atoms with E-state index in [1.165, 1.54) is 6.92 Å². The number of amides is 1. The van der Waals surface area contributed by atoms with Gasteiger partial charge in [-0.3, -0.25) is 0 Å². The molecule has 0 aromatic rings. The third-order valence-electron chi connectivity index (χ3n) is 0.806. The largest absolute Gasteiger partial charge is 0.511 e. The molecule has 0 saturated carbocycles. The minimum absolute atomic E-state index is 0.197. The summed E-state index contributed by atoms with van der Waals surface area (Å²) in [5.74, 6) is 0. The summed E-state index contributed by atoms with van der Waals surface area (Å²) >= 11 is 0. The van der Waals surface area contributed by atoms with Crippen LogP contribution in [0.1, 0.15) is 13.8 Å². The summed E-state index contributed by atoms with van der Waals surface area (Å²) in [5, 5.41) is 0. The summed E-state index contributed by atoms with van der Waals surface area (Å²) in [6.45, 7) is 3.17. The highest BCUT2D eigenvalue weighted by atomic mass is 16.8. The van der Waals surface area contributed by atoms with Crippen molar-refractivity contribution < 1.29 is 23.8 Å². The van der Waals surface area contributed by atoms with Crippen molar-refractivity contribution in [3.63, 3.8) is 0 Å². The van der Waals surface area contributed by atoms with Crippen LogP contribution in [0.15, 0.2) is 0 Å². The third-order valence-corrected chi connectivity index (χ3v) is 0.806. The molecule has 0 aromatic heterocycles. The van der Waals surface area contributed by atoms with Gasteiger partial charge in [-0.1, -0.05) is 0 Å². The number of carbonyl (C=O) groups is 2. The second-order valence-corrected chi connectivity index (χ2v) is 1.81. The van der Waals surface area contributed by atoms with E-state index < -0.39 is 18.5 Å². The molecule has 0 aromatic carbocycles. The Labute approximate surface area is 69.6 Å². The quantitative estimate of drug-likeness (QED) is 0.503. The SMILES string of the molecule is CCOC(=O)OC(C)OC(N)=O. The topological polar surface area (TPSA) is 87.8 Å². The highest BCUT2D eigenvalue weighted by molar-refractivity contribution is 5.65. The Bertz CT molecular complexity index is 169. The minimum atomic E-state index is -1.03. The van der Waals surface area contributed by atoms with E-state index in [2.05, 4.69) is 19.9 Å². The zero-order valence-electron chi connectivity index (χ0n) is 6.90. The maximum absolute atomic E-state index is 10.6. The molecule has 0 aliphatic heterocycles. The van der Waals surface area contributed by atoms with Crippen molar-refractivity contribution in [2.24, 2.45) is 5.73 Å². The standard InChI is InChI=1S/C6H11NO5/c1-3-10-6(9)12-4(2)11-5(7)8/h4H,3H2,1-2H3,(H2,7,8). The van der Waals surface area contributed by atoms with Crippen molar-refractivity contribution in [1.82, 2.24) is 0 Å². The van der Waals surface area contributed by atoms with Gasteiger partial charge < -0.3 is 19.9 Å². The number of carbonyl (C=O) groups excluding carboxylic acids is 2. The molecule has 0 rings (SSSR count). The van der Waals surface area contributed by atoms with Gasteiger partial charge in [0.25, 0.3) is 0 Å². The van der Waals surface area contributed by atoms with Crippen molar-refractivity contribution >= 4 is 12.2 Å². The fraction of sp³-hybridized carbons (Fsp3) is 0.667. The molecule has 1 amide bonds. The molecule has 0 spiro atoms. The first-order chi connectivity index (χ1) is 5.56. The van der Waals surface area contributed by atoms with E-state index in [-0.39, 0.29) is 6.61 Å². The van der Waals surface area contributed by atoms with Crippen molar-refractivity contribution in [3.8, 4) is 0 Å². The van der Waals surface area contributed by atoms with Gasteiger partial charge in [-0.15, -0.1) is 0 Å². The van der Waals surface area contributed by atoms with E-state index >= 15 is 0 Å². The molecule has 0 saturated heterocycles. The second kappa shape index (κ2) is 5.22. The Hall–Kier alpha value is -1.46. The zero-order chi connectivity index (χ0) is 9.56. The molecule has 0 heterocycles. The molecule has 2 N–H and O–H groups in total. The molecular weight excluding hydrogens is 166 g/mol. The molecule has 0 radical (unpaired) electrons. The first-order valence-electron chi connectivity index (χ1n) is 3.35. The van der Waals surface area contributed by atoms with E-state index in [1.54, 1.807) is 6.92 Å². The lowest BCUT2D eigenvalue weighted by atomic mass is 10.7. The number of hydrogen-bond acceptors (Lipinski definition) is 5. The predicted molar refractivity (Wildman–Crippen MR) is 38.2 cm³/mol. The van der Waals surface area contributed by atoms with E-state index in [4.69, 9.17) is 0 Å². The maximum Gasteiger partial charge on any atom is 0.511 e. The summed E-state index contributed by atoms with van der Waals surface area (Å²) in [5.41, 5.74) is 4.65. The van der Waals surface area contributed by atoms with Gasteiger partial charge in [0.05, 0.1) is 6.61 Å². The molecule has 70 valence electrons. The third kappa shape index (κ3) is 5.33. The van der Waals surface area contributed by atoms with Crippen LogP contribution in [0.25, 0.3) is 0 Å².